The Balaban J connectivity index is 2.33. The first-order chi connectivity index (χ1) is 11.0. The van der Waals surface area contributed by atoms with Gasteiger partial charge in [-0.3, -0.25) is 14.2 Å². The van der Waals surface area contributed by atoms with Crippen LogP contribution in [-0.4, -0.2) is 15.0 Å². The summed E-state index contributed by atoms with van der Waals surface area (Å²) < 4.78 is 1.99. The molecule has 2 aromatic rings. The summed E-state index contributed by atoms with van der Waals surface area (Å²) in [6.45, 7) is 3.45. The van der Waals surface area contributed by atoms with Gasteiger partial charge >= 0.3 is 5.69 Å². The summed E-state index contributed by atoms with van der Waals surface area (Å²) in [5, 5.41) is 11.6. The number of hydrogen-bond donors (Lipinski definition) is 1. The van der Waals surface area contributed by atoms with Crippen molar-refractivity contribution in [2.45, 2.75) is 26.9 Å². The first kappa shape index (κ1) is 16.2. The van der Waals surface area contributed by atoms with Gasteiger partial charge in [-0.15, -0.1) is 0 Å². The van der Waals surface area contributed by atoms with E-state index in [0.29, 0.717) is 12.2 Å². The van der Waals surface area contributed by atoms with E-state index < -0.39 is 23.7 Å². The van der Waals surface area contributed by atoms with Crippen LogP contribution in [0.25, 0.3) is 0 Å². The third-order valence-electron chi connectivity index (χ3n) is 3.30. The summed E-state index contributed by atoms with van der Waals surface area (Å²) in [4.78, 5) is 36.3. The second-order valence-electron chi connectivity index (χ2n) is 5.03. The number of benzene rings is 1. The van der Waals surface area contributed by atoms with Crippen molar-refractivity contribution in [1.29, 1.82) is 5.26 Å². The van der Waals surface area contributed by atoms with Crippen LogP contribution in [0.1, 0.15) is 18.1 Å². The number of nitrogens with zero attached hydrogens (tertiary/aromatic N) is 3. The van der Waals surface area contributed by atoms with E-state index in [1.54, 1.807) is 31.2 Å². The number of aromatic nitrogens is 2. The number of nitriles is 1. The van der Waals surface area contributed by atoms with Crippen molar-refractivity contribution >= 4 is 11.6 Å². The Morgan fingerprint density at radius 3 is 2.70 bits per heavy atom. The molecule has 0 aliphatic carbocycles. The molecule has 118 valence electrons. The summed E-state index contributed by atoms with van der Waals surface area (Å²) in [5.41, 5.74) is 0.00220. The molecule has 0 saturated carbocycles. The van der Waals surface area contributed by atoms with Crippen molar-refractivity contribution in [1.82, 2.24) is 9.13 Å². The molecule has 7 heteroatoms. The number of carbonyl (C=O) groups is 1. The van der Waals surface area contributed by atoms with Crippen LogP contribution in [0.5, 0.6) is 0 Å². The zero-order valence-electron chi connectivity index (χ0n) is 12.9. The van der Waals surface area contributed by atoms with E-state index in [-0.39, 0.29) is 5.56 Å². The van der Waals surface area contributed by atoms with Gasteiger partial charge in [0.1, 0.15) is 18.2 Å². The number of hydrogen-bond acceptors (Lipinski definition) is 4. The molecule has 0 bridgehead atoms. The fourth-order valence-corrected chi connectivity index (χ4v) is 2.16. The van der Waals surface area contributed by atoms with Crippen LogP contribution in [-0.2, 0) is 17.9 Å². The van der Waals surface area contributed by atoms with Crippen LogP contribution < -0.4 is 16.6 Å². The SMILES string of the molecule is CCn1cc(C#N)c(=O)n(CC(=O)Nc2cccc(C)c2)c1=O. The third kappa shape index (κ3) is 3.55. The minimum absolute atomic E-state index is 0.171. The number of anilines is 1. The normalized spacial score (nSPS) is 10.1. The highest BCUT2D eigenvalue weighted by atomic mass is 16.2. The Hall–Kier alpha value is -3.14. The molecule has 2 rings (SSSR count). The maximum atomic E-state index is 12.2. The highest BCUT2D eigenvalue weighted by molar-refractivity contribution is 5.90. The number of nitrogens with one attached hydrogen (secondary N) is 1. The molecule has 1 aromatic carbocycles. The standard InChI is InChI=1S/C16H16N4O3/c1-3-19-9-12(8-17)15(22)20(16(19)23)10-14(21)18-13-6-4-5-11(2)7-13/h4-7,9H,3,10H2,1-2H3,(H,18,21). The van der Waals surface area contributed by atoms with E-state index in [1.165, 1.54) is 10.8 Å². The van der Waals surface area contributed by atoms with Gasteiger partial charge in [-0.25, -0.2) is 9.36 Å². The number of rotatable bonds is 4. The van der Waals surface area contributed by atoms with Gasteiger partial charge in [0, 0.05) is 18.4 Å². The highest BCUT2D eigenvalue weighted by Gasteiger charge is 2.13. The Morgan fingerprint density at radius 2 is 2.09 bits per heavy atom. The molecule has 0 radical (unpaired) electrons. The molecular weight excluding hydrogens is 296 g/mol. The average molecular weight is 312 g/mol. The predicted octanol–water partition coefficient (Wildman–Crippen LogP) is 0.849. The van der Waals surface area contributed by atoms with Gasteiger partial charge in [0.05, 0.1) is 0 Å². The Kier molecular flexibility index (Phi) is 4.76. The third-order valence-corrected chi connectivity index (χ3v) is 3.30. The minimum Gasteiger partial charge on any atom is -0.325 e. The summed E-state index contributed by atoms with van der Waals surface area (Å²) in [6.07, 6.45) is 1.21. The van der Waals surface area contributed by atoms with Crippen molar-refractivity contribution in [3.05, 3.63) is 62.4 Å². The molecule has 7 nitrogen and oxygen atoms in total. The quantitative estimate of drug-likeness (QED) is 0.905. The minimum atomic E-state index is -0.762. The number of aryl methyl sites for hydroxylation is 2. The van der Waals surface area contributed by atoms with Crippen LogP contribution >= 0.6 is 0 Å². The molecule has 1 heterocycles. The van der Waals surface area contributed by atoms with Crippen LogP contribution in [0.3, 0.4) is 0 Å². The molecular formula is C16H16N4O3. The van der Waals surface area contributed by atoms with Crippen molar-refractivity contribution in [3.63, 3.8) is 0 Å². The first-order valence-electron chi connectivity index (χ1n) is 7.07. The molecule has 23 heavy (non-hydrogen) atoms. The molecule has 0 aliphatic heterocycles. The van der Waals surface area contributed by atoms with Gasteiger partial charge < -0.3 is 5.32 Å². The van der Waals surface area contributed by atoms with E-state index in [4.69, 9.17) is 5.26 Å². The van der Waals surface area contributed by atoms with Crippen molar-refractivity contribution in [3.8, 4) is 6.07 Å². The molecule has 0 fully saturated rings. The Bertz CT molecular complexity index is 903. The highest BCUT2D eigenvalue weighted by Crippen LogP contribution is 2.09. The lowest BCUT2D eigenvalue weighted by Gasteiger charge is -2.10. The van der Waals surface area contributed by atoms with E-state index in [1.807, 2.05) is 13.0 Å². The topological polar surface area (TPSA) is 96.9 Å². The summed E-state index contributed by atoms with van der Waals surface area (Å²) in [6, 6.07) is 8.90. The molecule has 0 atom stereocenters. The van der Waals surface area contributed by atoms with E-state index in [2.05, 4.69) is 5.32 Å². The van der Waals surface area contributed by atoms with E-state index >= 15 is 0 Å². The Labute approximate surface area is 132 Å². The average Bonchev–Trinajstić information content (AvgIpc) is 2.52. The monoisotopic (exact) mass is 312 g/mol. The maximum absolute atomic E-state index is 12.2. The lowest BCUT2D eigenvalue weighted by molar-refractivity contribution is -0.116. The molecule has 1 amide bonds. The lowest BCUT2D eigenvalue weighted by Crippen LogP contribution is -2.43. The van der Waals surface area contributed by atoms with Gasteiger partial charge in [0.25, 0.3) is 5.56 Å². The van der Waals surface area contributed by atoms with Gasteiger partial charge in [-0.05, 0) is 31.5 Å². The lowest BCUT2D eigenvalue weighted by atomic mass is 10.2. The van der Waals surface area contributed by atoms with Crippen molar-refractivity contribution in [2.24, 2.45) is 0 Å². The fraction of sp³-hybridized carbons (Fsp3) is 0.250. The van der Waals surface area contributed by atoms with Crippen molar-refractivity contribution in [2.75, 3.05) is 5.32 Å². The maximum Gasteiger partial charge on any atom is 0.331 e. The number of carbonyl (C=O) groups excluding carboxylic acids is 1. The predicted molar refractivity (Wildman–Crippen MR) is 85.2 cm³/mol. The van der Waals surface area contributed by atoms with Crippen molar-refractivity contribution < 1.29 is 4.79 Å². The molecule has 0 unspecified atom stereocenters. The first-order valence-corrected chi connectivity index (χ1v) is 7.07. The second-order valence-corrected chi connectivity index (χ2v) is 5.03. The van der Waals surface area contributed by atoms with Gasteiger partial charge in [0.2, 0.25) is 5.91 Å². The summed E-state index contributed by atoms with van der Waals surface area (Å²) in [7, 11) is 0. The Morgan fingerprint density at radius 1 is 1.35 bits per heavy atom. The smallest absolute Gasteiger partial charge is 0.325 e. The molecule has 1 aromatic heterocycles. The van der Waals surface area contributed by atoms with Crippen LogP contribution in [0, 0.1) is 18.3 Å². The zero-order chi connectivity index (χ0) is 17.0. The second kappa shape index (κ2) is 6.75. The van der Waals surface area contributed by atoms with Crippen LogP contribution in [0.4, 0.5) is 5.69 Å². The number of amides is 1. The van der Waals surface area contributed by atoms with Gasteiger partial charge in [-0.2, -0.15) is 5.26 Å². The summed E-state index contributed by atoms with van der Waals surface area (Å²) in [5.74, 6) is -0.507. The summed E-state index contributed by atoms with van der Waals surface area (Å²) >= 11 is 0. The molecule has 1 N–H and O–H groups in total. The van der Waals surface area contributed by atoms with E-state index in [9.17, 15) is 14.4 Å². The van der Waals surface area contributed by atoms with E-state index in [0.717, 1.165) is 10.1 Å². The van der Waals surface area contributed by atoms with Gasteiger partial charge in [0.15, 0.2) is 0 Å². The largest absolute Gasteiger partial charge is 0.331 e. The zero-order valence-corrected chi connectivity index (χ0v) is 12.9. The molecule has 0 spiro atoms. The van der Waals surface area contributed by atoms with Gasteiger partial charge in [-0.1, -0.05) is 12.1 Å². The van der Waals surface area contributed by atoms with Crippen LogP contribution in [0.15, 0.2) is 40.1 Å². The molecule has 0 aliphatic rings. The fourth-order valence-electron chi connectivity index (χ4n) is 2.16. The van der Waals surface area contributed by atoms with Crippen LogP contribution in [0.2, 0.25) is 0 Å². The molecule has 0 saturated heterocycles.